The summed E-state index contributed by atoms with van der Waals surface area (Å²) >= 11 is 1.47. The summed E-state index contributed by atoms with van der Waals surface area (Å²) in [7, 11) is 0. The molecule has 1 aromatic carbocycles. The quantitative estimate of drug-likeness (QED) is 0.365. The molecule has 9 heteroatoms. The van der Waals surface area contributed by atoms with Gasteiger partial charge in [0.25, 0.3) is 5.89 Å². The molecule has 0 atom stereocenters. The minimum atomic E-state index is 0.354. The molecular weight excluding hydrogens is 390 g/mol. The van der Waals surface area contributed by atoms with E-state index in [4.69, 9.17) is 13.3 Å². The first-order valence-electron chi connectivity index (χ1n) is 8.87. The molecule has 4 heterocycles. The SMILES string of the molecule is c1ccc(Cn2c(SCc3nnc(-c4ccco4)o3)nnc2-c2ccco2)cc1. The molecule has 0 radical (unpaired) electrons. The lowest BCUT2D eigenvalue weighted by Gasteiger charge is -2.08. The maximum absolute atomic E-state index is 5.67. The molecule has 0 fully saturated rings. The van der Waals surface area contributed by atoms with Crippen LogP contribution in [0.5, 0.6) is 0 Å². The normalized spacial score (nSPS) is 11.2. The van der Waals surface area contributed by atoms with Crippen molar-refractivity contribution in [2.24, 2.45) is 0 Å². The van der Waals surface area contributed by atoms with Gasteiger partial charge in [0.05, 0.1) is 24.8 Å². The van der Waals surface area contributed by atoms with Gasteiger partial charge < -0.3 is 13.3 Å². The van der Waals surface area contributed by atoms with Crippen LogP contribution >= 0.6 is 11.8 Å². The standard InChI is InChI=1S/C20H15N5O3S/c1-2-6-14(7-3-1)12-25-18(15-8-4-10-26-15)22-24-20(25)29-13-17-21-23-19(28-17)16-9-5-11-27-16/h1-11H,12-13H2. The average Bonchev–Trinajstić information content (AvgIpc) is 3.54. The van der Waals surface area contributed by atoms with Crippen LogP contribution in [-0.4, -0.2) is 25.0 Å². The van der Waals surface area contributed by atoms with Crippen LogP contribution < -0.4 is 0 Å². The van der Waals surface area contributed by atoms with Crippen LogP contribution in [0, 0.1) is 0 Å². The second-order valence-electron chi connectivity index (χ2n) is 6.12. The summed E-state index contributed by atoms with van der Waals surface area (Å²) in [5.41, 5.74) is 1.14. The summed E-state index contributed by atoms with van der Waals surface area (Å²) in [4.78, 5) is 0. The summed E-state index contributed by atoms with van der Waals surface area (Å²) in [5, 5.41) is 17.5. The number of rotatable bonds is 7. The third-order valence-corrected chi connectivity index (χ3v) is 5.12. The smallest absolute Gasteiger partial charge is 0.283 e. The van der Waals surface area contributed by atoms with Gasteiger partial charge in [0, 0.05) is 0 Å². The molecule has 0 aliphatic heterocycles. The molecular formula is C20H15N5O3S. The van der Waals surface area contributed by atoms with E-state index in [1.807, 2.05) is 34.9 Å². The van der Waals surface area contributed by atoms with Gasteiger partial charge in [0.1, 0.15) is 0 Å². The zero-order chi connectivity index (χ0) is 19.5. The highest BCUT2D eigenvalue weighted by molar-refractivity contribution is 7.98. The Labute approximate surface area is 169 Å². The van der Waals surface area contributed by atoms with Crippen molar-refractivity contribution in [1.29, 1.82) is 0 Å². The van der Waals surface area contributed by atoms with Crippen LogP contribution in [0.25, 0.3) is 23.2 Å². The number of furan rings is 2. The van der Waals surface area contributed by atoms with E-state index in [-0.39, 0.29) is 0 Å². The minimum absolute atomic E-state index is 0.354. The number of hydrogen-bond acceptors (Lipinski definition) is 8. The minimum Gasteiger partial charge on any atom is -0.461 e. The predicted molar refractivity (Wildman–Crippen MR) is 105 cm³/mol. The molecule has 0 aliphatic carbocycles. The summed E-state index contributed by atoms with van der Waals surface area (Å²) < 4.78 is 18.5. The number of aromatic nitrogens is 5. The third kappa shape index (κ3) is 3.72. The lowest BCUT2D eigenvalue weighted by Crippen LogP contribution is -2.04. The molecule has 0 spiro atoms. The Morgan fingerprint density at radius 3 is 2.34 bits per heavy atom. The highest BCUT2D eigenvalue weighted by Gasteiger charge is 2.18. The van der Waals surface area contributed by atoms with Crippen LogP contribution in [0.4, 0.5) is 0 Å². The van der Waals surface area contributed by atoms with Crippen molar-refractivity contribution in [1.82, 2.24) is 25.0 Å². The Morgan fingerprint density at radius 1 is 0.793 bits per heavy atom. The van der Waals surface area contributed by atoms with Crippen LogP contribution in [0.2, 0.25) is 0 Å². The Hall–Kier alpha value is -3.59. The van der Waals surface area contributed by atoms with Gasteiger partial charge in [-0.1, -0.05) is 42.1 Å². The second-order valence-corrected chi connectivity index (χ2v) is 7.06. The largest absolute Gasteiger partial charge is 0.461 e. The summed E-state index contributed by atoms with van der Waals surface area (Å²) in [5.74, 6) is 3.17. The van der Waals surface area contributed by atoms with Gasteiger partial charge in [-0.25, -0.2) is 0 Å². The molecule has 29 heavy (non-hydrogen) atoms. The van der Waals surface area contributed by atoms with Crippen molar-refractivity contribution in [2.75, 3.05) is 0 Å². The Balaban J connectivity index is 1.39. The van der Waals surface area contributed by atoms with E-state index in [1.165, 1.54) is 11.8 Å². The van der Waals surface area contributed by atoms with Gasteiger partial charge in [-0.05, 0) is 29.8 Å². The second kappa shape index (κ2) is 7.80. The lowest BCUT2D eigenvalue weighted by atomic mass is 10.2. The van der Waals surface area contributed by atoms with E-state index in [1.54, 1.807) is 24.7 Å². The van der Waals surface area contributed by atoms with Crippen molar-refractivity contribution in [3.8, 4) is 23.2 Å². The van der Waals surface area contributed by atoms with E-state index in [2.05, 4.69) is 32.5 Å². The van der Waals surface area contributed by atoms with Crippen molar-refractivity contribution in [3.63, 3.8) is 0 Å². The highest BCUT2D eigenvalue weighted by atomic mass is 32.2. The maximum Gasteiger partial charge on any atom is 0.283 e. The molecule has 144 valence electrons. The first-order chi connectivity index (χ1) is 14.4. The van der Waals surface area contributed by atoms with Crippen LogP contribution in [0.1, 0.15) is 11.5 Å². The monoisotopic (exact) mass is 405 g/mol. The Morgan fingerprint density at radius 2 is 1.59 bits per heavy atom. The molecule has 0 saturated carbocycles. The number of nitrogens with zero attached hydrogens (tertiary/aromatic N) is 5. The fourth-order valence-corrected chi connectivity index (χ4v) is 3.60. The fourth-order valence-electron chi connectivity index (χ4n) is 2.83. The predicted octanol–water partition coefficient (Wildman–Crippen LogP) is 4.52. The molecule has 0 amide bonds. The summed E-state index contributed by atoms with van der Waals surface area (Å²) in [6.07, 6.45) is 3.19. The molecule has 0 aliphatic rings. The molecule has 8 nitrogen and oxygen atoms in total. The van der Waals surface area contributed by atoms with Gasteiger partial charge in [0.15, 0.2) is 16.7 Å². The van der Waals surface area contributed by atoms with Gasteiger partial charge in [-0.2, -0.15) is 0 Å². The van der Waals surface area contributed by atoms with E-state index >= 15 is 0 Å². The summed E-state index contributed by atoms with van der Waals surface area (Å²) in [6.45, 7) is 0.619. The van der Waals surface area contributed by atoms with Gasteiger partial charge >= 0.3 is 0 Å². The first-order valence-corrected chi connectivity index (χ1v) is 9.85. The number of benzene rings is 1. The van der Waals surface area contributed by atoms with Crippen LogP contribution in [0.15, 0.2) is 85.5 Å². The molecule has 5 rings (SSSR count). The molecule has 5 aromatic rings. The lowest BCUT2D eigenvalue weighted by molar-refractivity contribution is 0.494. The summed E-state index contributed by atoms with van der Waals surface area (Å²) in [6, 6.07) is 17.4. The van der Waals surface area contributed by atoms with E-state index in [0.717, 1.165) is 10.7 Å². The molecule has 4 aromatic heterocycles. The van der Waals surface area contributed by atoms with Gasteiger partial charge in [-0.3, -0.25) is 4.57 Å². The Kier molecular flexibility index (Phi) is 4.71. The molecule has 0 N–H and O–H groups in total. The van der Waals surface area contributed by atoms with Crippen molar-refractivity contribution in [2.45, 2.75) is 17.5 Å². The molecule has 0 saturated heterocycles. The van der Waals surface area contributed by atoms with Gasteiger partial charge in [0.2, 0.25) is 11.7 Å². The van der Waals surface area contributed by atoms with Crippen LogP contribution in [-0.2, 0) is 12.3 Å². The number of thioether (sulfide) groups is 1. The van der Waals surface area contributed by atoms with Crippen molar-refractivity contribution in [3.05, 3.63) is 78.6 Å². The van der Waals surface area contributed by atoms with E-state index < -0.39 is 0 Å². The van der Waals surface area contributed by atoms with Gasteiger partial charge in [-0.15, -0.1) is 20.4 Å². The molecule has 0 unspecified atom stereocenters. The maximum atomic E-state index is 5.67. The zero-order valence-electron chi connectivity index (χ0n) is 15.1. The average molecular weight is 405 g/mol. The van der Waals surface area contributed by atoms with E-state index in [9.17, 15) is 0 Å². The topological polar surface area (TPSA) is 95.9 Å². The highest BCUT2D eigenvalue weighted by Crippen LogP contribution is 2.28. The fraction of sp³-hybridized carbons (Fsp3) is 0.100. The number of hydrogen-bond donors (Lipinski definition) is 0. The third-order valence-electron chi connectivity index (χ3n) is 4.17. The van der Waals surface area contributed by atoms with E-state index in [0.29, 0.717) is 41.4 Å². The molecule has 0 bridgehead atoms. The zero-order valence-corrected chi connectivity index (χ0v) is 16.0. The van der Waals surface area contributed by atoms with Crippen molar-refractivity contribution >= 4 is 11.8 Å². The van der Waals surface area contributed by atoms with Crippen LogP contribution in [0.3, 0.4) is 0 Å². The Bertz CT molecular complexity index is 1180. The van der Waals surface area contributed by atoms with Crippen molar-refractivity contribution < 1.29 is 13.3 Å². The first kappa shape index (κ1) is 17.5.